The van der Waals surface area contributed by atoms with Gasteiger partial charge in [-0.25, -0.2) is 0 Å². The van der Waals surface area contributed by atoms with Crippen molar-refractivity contribution >= 4 is 19.8 Å². The maximum Gasteiger partial charge on any atom is 0.306 e. The Bertz CT molecular complexity index is 1790. The molecule has 0 aliphatic rings. The van der Waals surface area contributed by atoms with Gasteiger partial charge in [0.05, 0.1) is 27.7 Å². The molecule has 0 heterocycles. The second kappa shape index (κ2) is 55.6. The van der Waals surface area contributed by atoms with Crippen molar-refractivity contribution in [1.82, 2.24) is 0 Å². The van der Waals surface area contributed by atoms with Gasteiger partial charge in [-0.2, -0.15) is 0 Å². The summed E-state index contributed by atoms with van der Waals surface area (Å²) in [6, 6.07) is 0. The highest BCUT2D eigenvalue weighted by Gasteiger charge is 2.21. The summed E-state index contributed by atoms with van der Waals surface area (Å²) >= 11 is 0. The normalized spacial score (nSPS) is 14.3. The smallest absolute Gasteiger partial charge is 0.306 e. The lowest BCUT2D eigenvalue weighted by molar-refractivity contribution is -0.870. The second-order valence-corrected chi connectivity index (χ2v) is 21.7. The van der Waals surface area contributed by atoms with Gasteiger partial charge in [0.15, 0.2) is 6.10 Å². The fourth-order valence-electron chi connectivity index (χ4n) is 7.30. The van der Waals surface area contributed by atoms with Gasteiger partial charge < -0.3 is 27.9 Å². The zero-order valence-corrected chi connectivity index (χ0v) is 49.5. The summed E-state index contributed by atoms with van der Waals surface area (Å²) in [6.07, 6.45) is 81.8. The number of allylic oxidation sites excluding steroid dienone is 24. The van der Waals surface area contributed by atoms with Crippen LogP contribution in [-0.4, -0.2) is 70.0 Å². The molecule has 0 bridgehead atoms. The Morgan fingerprint density at radius 1 is 0.421 bits per heavy atom. The lowest BCUT2D eigenvalue weighted by Gasteiger charge is -2.28. The van der Waals surface area contributed by atoms with Crippen LogP contribution in [0.4, 0.5) is 0 Å². The van der Waals surface area contributed by atoms with E-state index in [9.17, 15) is 19.0 Å². The Kier molecular flexibility index (Phi) is 52.6. The molecule has 0 aromatic heterocycles. The minimum atomic E-state index is -4.65. The van der Waals surface area contributed by atoms with E-state index in [-0.39, 0.29) is 26.1 Å². The van der Waals surface area contributed by atoms with Gasteiger partial charge in [-0.3, -0.25) is 14.2 Å². The zero-order valence-electron chi connectivity index (χ0n) is 48.6. The third-order valence-corrected chi connectivity index (χ3v) is 12.8. The van der Waals surface area contributed by atoms with Crippen LogP contribution >= 0.6 is 7.82 Å². The Hall–Kier alpha value is -4.11. The second-order valence-electron chi connectivity index (χ2n) is 20.3. The van der Waals surface area contributed by atoms with Crippen molar-refractivity contribution in [2.45, 2.75) is 213 Å². The summed E-state index contributed by atoms with van der Waals surface area (Å²) in [4.78, 5) is 37.8. The van der Waals surface area contributed by atoms with Crippen LogP contribution in [0.5, 0.6) is 0 Å². The minimum absolute atomic E-state index is 0.0443. The van der Waals surface area contributed by atoms with E-state index in [4.69, 9.17) is 18.5 Å². The molecule has 0 aromatic carbocycles. The van der Waals surface area contributed by atoms with E-state index in [2.05, 4.69) is 160 Å². The SMILES string of the molecule is CC/C=C\C/C=C\C/C=C\C/C=C\C/C=C\C/C=C\C/C=C\C/C=C\C/C=C\C/C=C\CCCCCCCCC(=O)OC(COC(=O)CCCCCCC/C=C\C/C=C\CCCCC)COP(=O)([O-])OCC[N+](C)(C)C. The van der Waals surface area contributed by atoms with Crippen LogP contribution in [0, 0.1) is 0 Å². The number of rotatable bonds is 52. The maximum atomic E-state index is 12.8. The Morgan fingerprint density at radius 2 is 0.750 bits per heavy atom. The maximum absolute atomic E-state index is 12.8. The number of unbranched alkanes of at least 4 members (excludes halogenated alkanes) is 14. The molecule has 76 heavy (non-hydrogen) atoms. The van der Waals surface area contributed by atoms with Crippen molar-refractivity contribution in [1.29, 1.82) is 0 Å². The van der Waals surface area contributed by atoms with Crippen LogP contribution in [0.3, 0.4) is 0 Å². The van der Waals surface area contributed by atoms with Crippen molar-refractivity contribution < 1.29 is 42.1 Å². The van der Waals surface area contributed by atoms with E-state index in [0.29, 0.717) is 23.9 Å². The predicted octanol–water partition coefficient (Wildman–Crippen LogP) is 18.1. The molecule has 10 heteroatoms. The molecule has 2 atom stereocenters. The molecule has 0 radical (unpaired) electrons. The molecule has 0 rings (SSSR count). The molecule has 9 nitrogen and oxygen atoms in total. The first kappa shape index (κ1) is 71.9. The number of likely N-dealkylation sites (N-methyl/N-ethyl adjacent to an activating group) is 1. The summed E-state index contributed by atoms with van der Waals surface area (Å²) in [6.45, 7) is 4.03. The van der Waals surface area contributed by atoms with Gasteiger partial charge in [-0.15, -0.1) is 0 Å². The third kappa shape index (κ3) is 59.1. The van der Waals surface area contributed by atoms with Gasteiger partial charge in [-0.05, 0) is 122 Å². The summed E-state index contributed by atoms with van der Waals surface area (Å²) in [5, 5.41) is 0. The molecule has 0 amide bonds. The number of esters is 2. The van der Waals surface area contributed by atoms with E-state index in [0.717, 1.165) is 141 Å². The Balaban J connectivity index is 4.21. The van der Waals surface area contributed by atoms with Crippen molar-refractivity contribution in [2.75, 3.05) is 47.5 Å². The quantitative estimate of drug-likeness (QED) is 0.0195. The number of phosphoric ester groups is 1. The monoisotopic (exact) mass is 1070 g/mol. The molecule has 0 aromatic rings. The first-order chi connectivity index (χ1) is 37.0. The van der Waals surface area contributed by atoms with Crippen molar-refractivity contribution in [3.63, 3.8) is 0 Å². The molecule has 0 spiro atoms. The Morgan fingerprint density at radius 3 is 1.12 bits per heavy atom. The van der Waals surface area contributed by atoms with Gasteiger partial charge >= 0.3 is 11.9 Å². The number of carbonyl (C=O) groups excluding carboxylic acids is 2. The third-order valence-electron chi connectivity index (χ3n) is 11.8. The van der Waals surface area contributed by atoms with Crippen LogP contribution < -0.4 is 4.89 Å². The molecule has 430 valence electrons. The highest BCUT2D eigenvalue weighted by molar-refractivity contribution is 7.45. The van der Waals surface area contributed by atoms with E-state index < -0.39 is 32.5 Å². The van der Waals surface area contributed by atoms with Crippen molar-refractivity contribution in [3.05, 3.63) is 146 Å². The van der Waals surface area contributed by atoms with Crippen LogP contribution in [0.1, 0.15) is 206 Å². The summed E-state index contributed by atoms with van der Waals surface area (Å²) in [7, 11) is 1.12. The van der Waals surface area contributed by atoms with E-state index in [1.54, 1.807) is 0 Å². The van der Waals surface area contributed by atoms with E-state index in [1.165, 1.54) is 25.7 Å². The molecule has 0 aliphatic heterocycles. The Labute approximate surface area is 465 Å². The minimum Gasteiger partial charge on any atom is -0.756 e. The van der Waals surface area contributed by atoms with Gasteiger partial charge in [0.25, 0.3) is 7.82 Å². The first-order valence-electron chi connectivity index (χ1n) is 29.5. The largest absolute Gasteiger partial charge is 0.756 e. The lowest BCUT2D eigenvalue weighted by Crippen LogP contribution is -2.37. The number of phosphoric acid groups is 1. The van der Waals surface area contributed by atoms with Gasteiger partial charge in [0.1, 0.15) is 19.8 Å². The number of quaternary nitrogens is 1. The fourth-order valence-corrected chi connectivity index (χ4v) is 8.03. The van der Waals surface area contributed by atoms with Gasteiger partial charge in [-0.1, -0.05) is 217 Å². The van der Waals surface area contributed by atoms with Crippen molar-refractivity contribution in [2.24, 2.45) is 0 Å². The van der Waals surface area contributed by atoms with E-state index in [1.807, 2.05) is 21.1 Å². The van der Waals surface area contributed by atoms with Gasteiger partial charge in [0.2, 0.25) is 0 Å². The number of nitrogens with zero attached hydrogens (tertiary/aromatic N) is 1. The summed E-state index contributed by atoms with van der Waals surface area (Å²) < 4.78 is 34.1. The van der Waals surface area contributed by atoms with Crippen molar-refractivity contribution in [3.8, 4) is 0 Å². The highest BCUT2D eigenvalue weighted by atomic mass is 31.2. The van der Waals surface area contributed by atoms with E-state index >= 15 is 0 Å². The van der Waals surface area contributed by atoms with Gasteiger partial charge in [0, 0.05) is 12.8 Å². The first-order valence-corrected chi connectivity index (χ1v) is 31.0. The number of carbonyl (C=O) groups is 2. The molecule has 0 aliphatic carbocycles. The highest BCUT2D eigenvalue weighted by Crippen LogP contribution is 2.38. The van der Waals surface area contributed by atoms with Crippen LogP contribution in [0.25, 0.3) is 0 Å². The fraction of sp³-hybridized carbons (Fsp3) is 0.606. The number of ether oxygens (including phenoxy) is 2. The standard InChI is InChI=1S/C66H108NO8P/c1-6-8-10-12-14-16-18-20-22-23-24-25-26-27-28-29-30-31-32-33-34-35-36-37-38-39-40-41-42-43-45-47-49-51-53-55-57-59-66(69)75-64(63-74-76(70,71)73-61-60-67(3,4)5)62-72-65(68)58-56-54-52-50-48-46-44-21-19-17-15-13-11-9-7-2/h8,10,14-17,20-22,24-25,27-28,30-31,33-34,36-37,39-40,42-44,64H,6-7,9,11-13,18-19,23,26,29,32,35,38,41,45-63H2,1-5H3/b10-8-,16-14-,17-15-,22-20-,25-24-,28-27-,31-30-,34-33-,37-36-,40-39-,43-42-,44-21-. The molecular weight excluding hydrogens is 966 g/mol. The molecule has 2 unspecified atom stereocenters. The summed E-state index contributed by atoms with van der Waals surface area (Å²) in [5.74, 6) is -0.878. The van der Waals surface area contributed by atoms with Crippen LogP contribution in [-0.2, 0) is 32.7 Å². The topological polar surface area (TPSA) is 111 Å². The van der Waals surface area contributed by atoms with Crippen LogP contribution in [0.2, 0.25) is 0 Å². The average molecular weight is 1070 g/mol. The molecular formula is C66H108NO8P. The zero-order chi connectivity index (χ0) is 55.6. The molecule has 0 N–H and O–H groups in total. The number of hydrogen-bond donors (Lipinski definition) is 0. The molecule has 0 saturated carbocycles. The average Bonchev–Trinajstić information content (AvgIpc) is 3.38. The summed E-state index contributed by atoms with van der Waals surface area (Å²) in [5.41, 5.74) is 0. The molecule has 0 saturated heterocycles. The van der Waals surface area contributed by atoms with Crippen LogP contribution in [0.15, 0.2) is 146 Å². The number of hydrogen-bond acceptors (Lipinski definition) is 8. The predicted molar refractivity (Wildman–Crippen MR) is 323 cm³/mol. The lowest BCUT2D eigenvalue weighted by atomic mass is 10.1. The molecule has 0 fully saturated rings.